The summed E-state index contributed by atoms with van der Waals surface area (Å²) in [5.41, 5.74) is 15.9. The molecular formula is C57H41N. The van der Waals surface area contributed by atoms with Gasteiger partial charge < -0.3 is 4.90 Å². The van der Waals surface area contributed by atoms with Gasteiger partial charge in [0.05, 0.1) is 5.69 Å². The van der Waals surface area contributed by atoms with E-state index in [0.29, 0.717) is 0 Å². The van der Waals surface area contributed by atoms with Crippen molar-refractivity contribution in [2.75, 3.05) is 4.90 Å². The molecule has 10 aromatic rings. The van der Waals surface area contributed by atoms with Crippen LogP contribution in [0.2, 0.25) is 0 Å². The summed E-state index contributed by atoms with van der Waals surface area (Å²) in [6, 6.07) is 78.3. The first-order valence-corrected chi connectivity index (χ1v) is 20.3. The van der Waals surface area contributed by atoms with E-state index in [1.807, 2.05) is 0 Å². The molecule has 11 rings (SSSR count). The Morgan fingerprint density at radius 2 is 0.897 bits per heavy atom. The van der Waals surface area contributed by atoms with Gasteiger partial charge in [0.25, 0.3) is 0 Å². The van der Waals surface area contributed by atoms with Crippen molar-refractivity contribution in [3.05, 3.63) is 223 Å². The zero-order valence-electron chi connectivity index (χ0n) is 32.7. The summed E-state index contributed by atoms with van der Waals surface area (Å²) in [4.78, 5) is 2.47. The second-order valence-electron chi connectivity index (χ2n) is 16.1. The molecule has 0 saturated carbocycles. The Kier molecular flexibility index (Phi) is 7.91. The molecule has 0 amide bonds. The Morgan fingerprint density at radius 1 is 0.310 bits per heavy atom. The van der Waals surface area contributed by atoms with Crippen molar-refractivity contribution in [1.29, 1.82) is 0 Å². The summed E-state index contributed by atoms with van der Waals surface area (Å²) in [7, 11) is 0. The number of nitrogens with zero attached hydrogens (tertiary/aromatic N) is 1. The van der Waals surface area contributed by atoms with Crippen LogP contribution in [0, 0.1) is 0 Å². The largest absolute Gasteiger partial charge is 0.310 e. The minimum absolute atomic E-state index is 0.130. The fraction of sp³-hybridized carbons (Fsp3) is 0.0526. The molecule has 0 bridgehead atoms. The first-order chi connectivity index (χ1) is 28.5. The van der Waals surface area contributed by atoms with Gasteiger partial charge in [-0.3, -0.25) is 0 Å². The molecule has 0 spiro atoms. The normalized spacial score (nSPS) is 12.8. The predicted molar refractivity (Wildman–Crippen MR) is 248 cm³/mol. The molecule has 0 aliphatic heterocycles. The van der Waals surface area contributed by atoms with E-state index in [0.717, 1.165) is 17.1 Å². The highest BCUT2D eigenvalue weighted by atomic mass is 15.1. The van der Waals surface area contributed by atoms with Gasteiger partial charge in [-0.05, 0) is 125 Å². The summed E-state index contributed by atoms with van der Waals surface area (Å²) in [6.45, 7) is 4.73. The van der Waals surface area contributed by atoms with Gasteiger partial charge in [0, 0.05) is 22.4 Å². The fourth-order valence-electron chi connectivity index (χ4n) is 9.57. The minimum Gasteiger partial charge on any atom is -0.310 e. The first kappa shape index (κ1) is 34.1. The molecule has 0 heterocycles. The van der Waals surface area contributed by atoms with Crippen LogP contribution >= 0.6 is 0 Å². The van der Waals surface area contributed by atoms with Crippen molar-refractivity contribution in [1.82, 2.24) is 0 Å². The number of hydrogen-bond donors (Lipinski definition) is 0. The first-order valence-electron chi connectivity index (χ1n) is 20.3. The van der Waals surface area contributed by atoms with Crippen molar-refractivity contribution < 1.29 is 0 Å². The number of anilines is 3. The van der Waals surface area contributed by atoms with Crippen LogP contribution in [0.3, 0.4) is 0 Å². The lowest BCUT2D eigenvalue weighted by atomic mass is 9.82. The van der Waals surface area contributed by atoms with Crippen LogP contribution in [-0.2, 0) is 5.41 Å². The topological polar surface area (TPSA) is 3.24 Å². The lowest BCUT2D eigenvalue weighted by Gasteiger charge is -2.30. The highest BCUT2D eigenvalue weighted by Gasteiger charge is 2.36. The van der Waals surface area contributed by atoms with E-state index in [9.17, 15) is 0 Å². The standard InChI is InChI=1S/C57H41N/c1-57(2)54-26-13-12-24-50(54)51-33-32-44(37-55(51)57)58(43-30-27-40(28-31-43)46-25-14-19-38-17-6-8-20-45(38)46)56-34-29-42(36-53(56)39-15-4-3-5-16-39)52-35-41-18-7-9-21-47(41)48-22-10-11-23-49(48)52/h3-37H,1-2H3. The molecule has 0 unspecified atom stereocenters. The molecule has 0 N–H and O–H groups in total. The van der Waals surface area contributed by atoms with Gasteiger partial charge in [0.2, 0.25) is 0 Å². The second-order valence-corrected chi connectivity index (χ2v) is 16.1. The molecule has 10 aromatic carbocycles. The van der Waals surface area contributed by atoms with E-state index in [4.69, 9.17) is 0 Å². The molecule has 0 atom stereocenters. The summed E-state index contributed by atoms with van der Waals surface area (Å²) >= 11 is 0. The van der Waals surface area contributed by atoms with Gasteiger partial charge >= 0.3 is 0 Å². The monoisotopic (exact) mass is 739 g/mol. The van der Waals surface area contributed by atoms with Crippen molar-refractivity contribution in [3.8, 4) is 44.5 Å². The molecule has 0 radical (unpaired) electrons. The Hall–Kier alpha value is -7.22. The fourth-order valence-corrected chi connectivity index (χ4v) is 9.57. The van der Waals surface area contributed by atoms with Crippen LogP contribution < -0.4 is 4.90 Å². The zero-order chi connectivity index (χ0) is 38.8. The lowest BCUT2D eigenvalue weighted by molar-refractivity contribution is 0.660. The maximum Gasteiger partial charge on any atom is 0.0540 e. The molecule has 1 aliphatic carbocycles. The summed E-state index contributed by atoms with van der Waals surface area (Å²) in [5, 5.41) is 7.57. The van der Waals surface area contributed by atoms with Gasteiger partial charge in [-0.2, -0.15) is 0 Å². The Morgan fingerprint density at radius 3 is 1.72 bits per heavy atom. The molecule has 274 valence electrons. The Balaban J connectivity index is 1.13. The van der Waals surface area contributed by atoms with Crippen LogP contribution in [0.4, 0.5) is 17.1 Å². The molecule has 0 fully saturated rings. The third-order valence-electron chi connectivity index (χ3n) is 12.5. The van der Waals surface area contributed by atoms with Crippen molar-refractivity contribution in [3.63, 3.8) is 0 Å². The maximum atomic E-state index is 2.47. The Labute approximate surface area is 340 Å². The molecule has 58 heavy (non-hydrogen) atoms. The summed E-state index contributed by atoms with van der Waals surface area (Å²) in [5.74, 6) is 0. The molecule has 0 aromatic heterocycles. The van der Waals surface area contributed by atoms with Gasteiger partial charge in [-0.15, -0.1) is 0 Å². The Bertz CT molecular complexity index is 3180. The van der Waals surface area contributed by atoms with E-state index >= 15 is 0 Å². The highest BCUT2D eigenvalue weighted by molar-refractivity contribution is 6.14. The average Bonchev–Trinajstić information content (AvgIpc) is 3.52. The number of hydrogen-bond acceptors (Lipinski definition) is 1. The summed E-state index contributed by atoms with van der Waals surface area (Å²) < 4.78 is 0. The third-order valence-corrected chi connectivity index (χ3v) is 12.5. The van der Waals surface area contributed by atoms with Crippen LogP contribution in [-0.4, -0.2) is 0 Å². The van der Waals surface area contributed by atoms with Gasteiger partial charge in [0.15, 0.2) is 0 Å². The van der Waals surface area contributed by atoms with E-state index < -0.39 is 0 Å². The van der Waals surface area contributed by atoms with E-state index in [-0.39, 0.29) is 5.41 Å². The molecule has 0 saturated heterocycles. The van der Waals surface area contributed by atoms with Crippen LogP contribution in [0.5, 0.6) is 0 Å². The van der Waals surface area contributed by atoms with Gasteiger partial charge in [-0.25, -0.2) is 0 Å². The van der Waals surface area contributed by atoms with E-state index in [1.165, 1.54) is 88.0 Å². The molecule has 1 heteroatoms. The summed E-state index contributed by atoms with van der Waals surface area (Å²) in [6.07, 6.45) is 0. The zero-order valence-corrected chi connectivity index (χ0v) is 32.7. The molecular weight excluding hydrogens is 699 g/mol. The smallest absolute Gasteiger partial charge is 0.0540 e. The van der Waals surface area contributed by atoms with Crippen LogP contribution in [0.25, 0.3) is 76.8 Å². The maximum absolute atomic E-state index is 2.47. The third kappa shape index (κ3) is 5.46. The number of benzene rings is 10. The van der Waals surface area contributed by atoms with Crippen LogP contribution in [0.15, 0.2) is 212 Å². The van der Waals surface area contributed by atoms with Crippen LogP contribution in [0.1, 0.15) is 25.0 Å². The molecule has 1 nitrogen and oxygen atoms in total. The van der Waals surface area contributed by atoms with Crippen molar-refractivity contribution in [2.45, 2.75) is 19.3 Å². The SMILES string of the molecule is CC1(C)c2ccccc2-c2ccc(N(c3ccc(-c4cccc5ccccc45)cc3)c3ccc(-c4cc5ccccc5c5ccccc45)cc3-c3ccccc3)cc21. The molecule has 1 aliphatic rings. The quantitative estimate of drug-likeness (QED) is 0.154. The minimum atomic E-state index is -0.130. The van der Waals surface area contributed by atoms with Gasteiger partial charge in [-0.1, -0.05) is 184 Å². The average molecular weight is 740 g/mol. The van der Waals surface area contributed by atoms with E-state index in [2.05, 4.69) is 231 Å². The highest BCUT2D eigenvalue weighted by Crippen LogP contribution is 2.52. The number of fused-ring (bicyclic) bond motifs is 7. The van der Waals surface area contributed by atoms with E-state index in [1.54, 1.807) is 0 Å². The lowest BCUT2D eigenvalue weighted by Crippen LogP contribution is -2.17. The number of rotatable bonds is 6. The second kappa shape index (κ2) is 13.5. The van der Waals surface area contributed by atoms with Gasteiger partial charge in [0.1, 0.15) is 0 Å². The predicted octanol–water partition coefficient (Wildman–Crippen LogP) is 15.9. The van der Waals surface area contributed by atoms with Crippen molar-refractivity contribution >= 4 is 49.4 Å². The van der Waals surface area contributed by atoms with Crippen molar-refractivity contribution in [2.24, 2.45) is 0 Å².